The number of hydrogen-bond donors (Lipinski definition) is 0. The Hall–Kier alpha value is -0.720. The molecule has 0 amide bonds. The van der Waals surface area contributed by atoms with Gasteiger partial charge in [0.2, 0.25) is 0 Å². The predicted octanol–water partition coefficient (Wildman–Crippen LogP) is 2.17. The van der Waals surface area contributed by atoms with Gasteiger partial charge in [-0.1, -0.05) is 18.2 Å². The van der Waals surface area contributed by atoms with Crippen LogP contribution in [0.15, 0.2) is 24.4 Å². The van der Waals surface area contributed by atoms with Crippen LogP contribution in [0.2, 0.25) is 0 Å². The van der Waals surface area contributed by atoms with E-state index in [0.29, 0.717) is 0 Å². The third-order valence-electron chi connectivity index (χ3n) is 2.78. The molecule has 0 saturated heterocycles. The molecule has 0 aromatic rings. The Balaban J connectivity index is 2.17. The molecule has 0 N–H and O–H groups in total. The highest BCUT2D eigenvalue weighted by Gasteiger charge is 2.25. The highest BCUT2D eigenvalue weighted by Crippen LogP contribution is 2.28. The van der Waals surface area contributed by atoms with Gasteiger partial charge < -0.3 is 4.90 Å². The molecule has 1 aliphatic heterocycles. The maximum absolute atomic E-state index is 2.38. The lowest BCUT2D eigenvalue weighted by Gasteiger charge is -2.37. The Labute approximate surface area is 68.4 Å². The Morgan fingerprint density at radius 1 is 1.36 bits per heavy atom. The topological polar surface area (TPSA) is 3.24 Å². The van der Waals surface area contributed by atoms with E-state index < -0.39 is 0 Å². The lowest BCUT2D eigenvalue weighted by molar-refractivity contribution is 0.229. The third kappa shape index (κ3) is 1.20. The summed E-state index contributed by atoms with van der Waals surface area (Å²) in [5.74, 6) is 0.791. The Morgan fingerprint density at radius 2 is 2.27 bits per heavy atom. The van der Waals surface area contributed by atoms with Gasteiger partial charge in [-0.3, -0.25) is 0 Å². The van der Waals surface area contributed by atoms with E-state index in [-0.39, 0.29) is 0 Å². The number of nitrogens with zero attached hydrogens (tertiary/aromatic N) is 1. The Kier molecular flexibility index (Phi) is 1.72. The molecule has 2 aliphatic rings. The van der Waals surface area contributed by atoms with Crippen molar-refractivity contribution in [3.8, 4) is 0 Å². The first-order valence-corrected chi connectivity index (χ1v) is 4.43. The van der Waals surface area contributed by atoms with Crippen molar-refractivity contribution in [3.63, 3.8) is 0 Å². The van der Waals surface area contributed by atoms with Crippen LogP contribution in [-0.2, 0) is 0 Å². The normalized spacial score (nSPS) is 35.5. The molecule has 0 bridgehead atoms. The number of rotatable bonds is 0. The van der Waals surface area contributed by atoms with E-state index in [1.807, 2.05) is 0 Å². The largest absolute Gasteiger partial charge is 0.377 e. The zero-order valence-corrected chi connectivity index (χ0v) is 7.03. The highest BCUT2D eigenvalue weighted by molar-refractivity contribution is 5.07. The Bertz CT molecular complexity index is 193. The molecule has 60 valence electrons. The molecule has 11 heavy (non-hydrogen) atoms. The van der Waals surface area contributed by atoms with Gasteiger partial charge in [-0.25, -0.2) is 0 Å². The second-order valence-electron chi connectivity index (χ2n) is 3.52. The summed E-state index contributed by atoms with van der Waals surface area (Å²) in [7, 11) is 2.19. The van der Waals surface area contributed by atoms with E-state index in [1.54, 1.807) is 0 Å². The van der Waals surface area contributed by atoms with Crippen LogP contribution >= 0.6 is 0 Å². The van der Waals surface area contributed by atoms with Gasteiger partial charge in [0.1, 0.15) is 0 Å². The van der Waals surface area contributed by atoms with Crippen LogP contribution in [0.4, 0.5) is 0 Å². The SMILES string of the molecule is CN1C=CCC2C=CCCC21. The van der Waals surface area contributed by atoms with Crippen molar-refractivity contribution in [2.24, 2.45) is 5.92 Å². The fraction of sp³-hybridized carbons (Fsp3) is 0.600. The molecule has 0 fully saturated rings. The quantitative estimate of drug-likeness (QED) is 0.477. The molecular formula is C10H15N. The minimum atomic E-state index is 0.782. The van der Waals surface area contributed by atoms with Crippen molar-refractivity contribution >= 4 is 0 Å². The predicted molar refractivity (Wildman–Crippen MR) is 47.2 cm³/mol. The van der Waals surface area contributed by atoms with Gasteiger partial charge in [-0.2, -0.15) is 0 Å². The van der Waals surface area contributed by atoms with Gasteiger partial charge in [0, 0.05) is 19.0 Å². The Morgan fingerprint density at radius 3 is 3.09 bits per heavy atom. The summed E-state index contributed by atoms with van der Waals surface area (Å²) >= 11 is 0. The maximum atomic E-state index is 2.38. The van der Waals surface area contributed by atoms with Crippen molar-refractivity contribution in [1.82, 2.24) is 4.90 Å². The average molecular weight is 149 g/mol. The first-order chi connectivity index (χ1) is 5.38. The summed E-state index contributed by atoms with van der Waals surface area (Å²) in [5, 5.41) is 0. The van der Waals surface area contributed by atoms with Crippen molar-refractivity contribution in [1.29, 1.82) is 0 Å². The standard InChI is InChI=1S/C10H15N/c1-11-8-4-6-9-5-2-3-7-10(9)11/h2,4-5,8-10H,3,6-7H2,1H3. The van der Waals surface area contributed by atoms with Crippen LogP contribution in [0.25, 0.3) is 0 Å². The number of allylic oxidation sites excluding steroid dienone is 2. The molecule has 2 rings (SSSR count). The summed E-state index contributed by atoms with van der Waals surface area (Å²) in [6, 6.07) is 0.782. The van der Waals surface area contributed by atoms with E-state index in [4.69, 9.17) is 0 Å². The van der Waals surface area contributed by atoms with Crippen molar-refractivity contribution in [3.05, 3.63) is 24.4 Å². The van der Waals surface area contributed by atoms with Crippen molar-refractivity contribution < 1.29 is 0 Å². The molecule has 0 aromatic heterocycles. The van der Waals surface area contributed by atoms with Gasteiger partial charge in [0.25, 0.3) is 0 Å². The monoisotopic (exact) mass is 149 g/mol. The minimum Gasteiger partial charge on any atom is -0.377 e. The van der Waals surface area contributed by atoms with Crippen molar-refractivity contribution in [2.45, 2.75) is 25.3 Å². The zero-order chi connectivity index (χ0) is 7.68. The molecule has 0 radical (unpaired) electrons. The molecule has 1 aliphatic carbocycles. The van der Waals surface area contributed by atoms with E-state index in [9.17, 15) is 0 Å². The van der Waals surface area contributed by atoms with E-state index in [1.165, 1.54) is 19.3 Å². The minimum absolute atomic E-state index is 0.782. The van der Waals surface area contributed by atoms with Crippen LogP contribution in [0, 0.1) is 5.92 Å². The van der Waals surface area contributed by atoms with E-state index >= 15 is 0 Å². The number of hydrogen-bond acceptors (Lipinski definition) is 1. The zero-order valence-electron chi connectivity index (χ0n) is 7.03. The second kappa shape index (κ2) is 2.72. The molecular weight excluding hydrogens is 134 g/mol. The fourth-order valence-corrected chi connectivity index (χ4v) is 2.12. The van der Waals surface area contributed by atoms with Crippen LogP contribution in [0.3, 0.4) is 0 Å². The van der Waals surface area contributed by atoms with Gasteiger partial charge in [-0.05, 0) is 25.5 Å². The summed E-state index contributed by atoms with van der Waals surface area (Å²) in [4.78, 5) is 2.36. The molecule has 0 saturated carbocycles. The van der Waals surface area contributed by atoms with Crippen LogP contribution in [0.5, 0.6) is 0 Å². The van der Waals surface area contributed by atoms with Crippen LogP contribution in [0.1, 0.15) is 19.3 Å². The fourth-order valence-electron chi connectivity index (χ4n) is 2.12. The highest BCUT2D eigenvalue weighted by atomic mass is 15.1. The van der Waals surface area contributed by atoms with Gasteiger partial charge in [0.15, 0.2) is 0 Å². The van der Waals surface area contributed by atoms with Gasteiger partial charge in [-0.15, -0.1) is 0 Å². The third-order valence-corrected chi connectivity index (χ3v) is 2.78. The molecule has 0 aromatic carbocycles. The van der Waals surface area contributed by atoms with E-state index in [0.717, 1.165) is 12.0 Å². The van der Waals surface area contributed by atoms with E-state index in [2.05, 4.69) is 36.4 Å². The van der Waals surface area contributed by atoms with Gasteiger partial charge in [0.05, 0.1) is 0 Å². The summed E-state index contributed by atoms with van der Waals surface area (Å²) in [6.07, 6.45) is 13.0. The summed E-state index contributed by atoms with van der Waals surface area (Å²) in [6.45, 7) is 0. The molecule has 2 unspecified atom stereocenters. The molecule has 1 nitrogen and oxygen atoms in total. The smallest absolute Gasteiger partial charge is 0.0349 e. The molecule has 1 heterocycles. The second-order valence-corrected chi connectivity index (χ2v) is 3.52. The molecule has 0 spiro atoms. The lowest BCUT2D eigenvalue weighted by Crippen LogP contribution is -2.37. The van der Waals surface area contributed by atoms with Crippen LogP contribution in [-0.4, -0.2) is 18.0 Å². The van der Waals surface area contributed by atoms with Crippen molar-refractivity contribution in [2.75, 3.05) is 7.05 Å². The first kappa shape index (κ1) is 6.96. The summed E-state index contributed by atoms with van der Waals surface area (Å²) < 4.78 is 0. The average Bonchev–Trinajstić information content (AvgIpc) is 2.06. The molecule has 2 atom stereocenters. The molecule has 1 heteroatoms. The lowest BCUT2D eigenvalue weighted by atomic mass is 9.85. The van der Waals surface area contributed by atoms with Gasteiger partial charge >= 0.3 is 0 Å². The first-order valence-electron chi connectivity index (χ1n) is 4.43. The summed E-state index contributed by atoms with van der Waals surface area (Å²) in [5.41, 5.74) is 0. The van der Waals surface area contributed by atoms with Crippen LogP contribution < -0.4 is 0 Å². The number of fused-ring (bicyclic) bond motifs is 1. The maximum Gasteiger partial charge on any atom is 0.0349 e.